The number of ether oxygens (including phenoxy) is 1. The Morgan fingerprint density at radius 1 is 0.875 bits per heavy atom. The fourth-order valence-electron chi connectivity index (χ4n) is 2.02. The van der Waals surface area contributed by atoms with E-state index >= 15 is 0 Å². The molecular weight excluding hydrogens is 341 g/mol. The van der Waals surface area contributed by atoms with Gasteiger partial charge in [-0.1, -0.05) is 19.1 Å². The van der Waals surface area contributed by atoms with Crippen LogP contribution in [0.3, 0.4) is 0 Å². The Balaban J connectivity index is 2.32. The van der Waals surface area contributed by atoms with E-state index in [2.05, 4.69) is 4.74 Å². The van der Waals surface area contributed by atoms with E-state index in [1.165, 1.54) is 12.1 Å². The predicted octanol–water partition coefficient (Wildman–Crippen LogP) is 5.67. The van der Waals surface area contributed by atoms with E-state index in [0.29, 0.717) is 6.42 Å². The van der Waals surface area contributed by atoms with Crippen LogP contribution >= 0.6 is 0 Å². The van der Waals surface area contributed by atoms with Gasteiger partial charge in [-0.15, -0.1) is 0 Å². The third-order valence-electron chi connectivity index (χ3n) is 3.24. The Bertz CT molecular complexity index is 697. The third kappa shape index (κ3) is 3.80. The zero-order valence-electron chi connectivity index (χ0n) is 12.2. The van der Waals surface area contributed by atoms with E-state index in [0.717, 1.165) is 17.7 Å². The first-order chi connectivity index (χ1) is 11.0. The minimum atomic E-state index is -5.29. The van der Waals surface area contributed by atoms with E-state index < -0.39 is 40.8 Å². The van der Waals surface area contributed by atoms with Crippen LogP contribution in [-0.4, -0.2) is 0 Å². The molecule has 0 amide bonds. The van der Waals surface area contributed by atoms with E-state index in [1.54, 1.807) is 0 Å². The summed E-state index contributed by atoms with van der Waals surface area (Å²) >= 11 is 0. The van der Waals surface area contributed by atoms with Crippen LogP contribution in [-0.2, 0) is 18.7 Å². The van der Waals surface area contributed by atoms with Crippen molar-refractivity contribution in [1.29, 1.82) is 0 Å². The summed E-state index contributed by atoms with van der Waals surface area (Å²) in [6, 6.07) is 5.10. The van der Waals surface area contributed by atoms with Crippen molar-refractivity contribution >= 4 is 0 Å². The van der Waals surface area contributed by atoms with Gasteiger partial charge in [-0.2, -0.15) is 22.0 Å². The van der Waals surface area contributed by atoms with Crippen LogP contribution < -0.4 is 4.74 Å². The third-order valence-corrected chi connectivity index (χ3v) is 3.24. The molecule has 0 aromatic heterocycles. The summed E-state index contributed by atoms with van der Waals surface area (Å²) in [4.78, 5) is 0. The van der Waals surface area contributed by atoms with Gasteiger partial charge in [-0.05, 0) is 24.1 Å². The van der Waals surface area contributed by atoms with Crippen molar-refractivity contribution in [2.45, 2.75) is 25.6 Å². The molecule has 0 heterocycles. The van der Waals surface area contributed by atoms with Gasteiger partial charge < -0.3 is 4.74 Å². The molecule has 0 N–H and O–H groups in total. The normalized spacial score (nSPS) is 12.3. The highest BCUT2D eigenvalue weighted by atomic mass is 19.4. The van der Waals surface area contributed by atoms with Gasteiger partial charge in [0.1, 0.15) is 22.9 Å². The molecule has 0 fully saturated rings. The lowest BCUT2D eigenvalue weighted by molar-refractivity contribution is -0.185. The lowest BCUT2D eigenvalue weighted by Gasteiger charge is -2.19. The Morgan fingerprint density at radius 3 is 1.79 bits per heavy atom. The number of hydrogen-bond donors (Lipinski definition) is 0. The molecule has 0 aliphatic rings. The second-order valence-electron chi connectivity index (χ2n) is 4.93. The second kappa shape index (κ2) is 6.33. The highest BCUT2D eigenvalue weighted by Crippen LogP contribution is 2.38. The maximum Gasteiger partial charge on any atom is 0.426 e. The van der Waals surface area contributed by atoms with Crippen molar-refractivity contribution in [2.24, 2.45) is 0 Å². The lowest BCUT2D eigenvalue weighted by Crippen LogP contribution is -2.22. The van der Waals surface area contributed by atoms with Crippen LogP contribution in [0.2, 0.25) is 0 Å². The molecule has 2 aromatic rings. The largest absolute Gasteiger partial charge is 0.429 e. The number of aryl methyl sites for hydroxylation is 1. The first-order valence-electron chi connectivity index (χ1n) is 6.77. The molecule has 1 nitrogen and oxygen atoms in total. The molecule has 0 spiro atoms. The number of benzene rings is 2. The fraction of sp³-hybridized carbons (Fsp3) is 0.250. The summed E-state index contributed by atoms with van der Waals surface area (Å²) < 4.78 is 96.3. The Morgan fingerprint density at radius 2 is 1.38 bits per heavy atom. The molecule has 2 aromatic carbocycles. The molecular formula is C16H11F7O. The molecule has 0 saturated carbocycles. The molecule has 24 heavy (non-hydrogen) atoms. The zero-order chi connectivity index (χ0) is 18.1. The van der Waals surface area contributed by atoms with Crippen LogP contribution in [0.5, 0.6) is 5.75 Å². The monoisotopic (exact) mass is 352 g/mol. The molecule has 0 saturated heterocycles. The molecule has 130 valence electrons. The van der Waals surface area contributed by atoms with E-state index in [-0.39, 0.29) is 12.1 Å². The van der Waals surface area contributed by atoms with Gasteiger partial charge in [0, 0.05) is 12.1 Å². The summed E-state index contributed by atoms with van der Waals surface area (Å²) in [5.41, 5.74) is -1.98. The first kappa shape index (κ1) is 18.1. The average molecular weight is 352 g/mol. The van der Waals surface area contributed by atoms with Gasteiger partial charge in [-0.25, -0.2) is 8.78 Å². The van der Waals surface area contributed by atoms with Crippen molar-refractivity contribution in [2.75, 3.05) is 0 Å². The molecule has 0 atom stereocenters. The summed E-state index contributed by atoms with van der Waals surface area (Å²) in [7, 11) is 0. The molecule has 0 unspecified atom stereocenters. The van der Waals surface area contributed by atoms with Gasteiger partial charge in [0.2, 0.25) is 0 Å². The van der Waals surface area contributed by atoms with Crippen LogP contribution in [0.25, 0.3) is 0 Å². The minimum Gasteiger partial charge on any atom is -0.429 e. The van der Waals surface area contributed by atoms with E-state index in [4.69, 9.17) is 0 Å². The van der Waals surface area contributed by atoms with Crippen LogP contribution in [0.15, 0.2) is 36.4 Å². The maximum atomic E-state index is 14.0. The van der Waals surface area contributed by atoms with Crippen molar-refractivity contribution in [3.05, 3.63) is 64.7 Å². The zero-order valence-corrected chi connectivity index (χ0v) is 12.2. The SMILES string of the molecule is CCc1ccc(C(F)(F)Oc2cc(F)c(C(F)(F)F)c(F)c2)cc1. The second-order valence-corrected chi connectivity index (χ2v) is 4.93. The number of hydrogen-bond acceptors (Lipinski definition) is 1. The maximum absolute atomic E-state index is 14.0. The first-order valence-corrected chi connectivity index (χ1v) is 6.77. The summed E-state index contributed by atoms with van der Waals surface area (Å²) in [5.74, 6) is -5.12. The van der Waals surface area contributed by atoms with E-state index in [9.17, 15) is 30.7 Å². The van der Waals surface area contributed by atoms with Gasteiger partial charge in [0.05, 0.1) is 5.56 Å². The van der Waals surface area contributed by atoms with Crippen molar-refractivity contribution < 1.29 is 35.5 Å². The fourth-order valence-corrected chi connectivity index (χ4v) is 2.02. The van der Waals surface area contributed by atoms with Crippen molar-refractivity contribution in [1.82, 2.24) is 0 Å². The Kier molecular flexibility index (Phi) is 4.77. The van der Waals surface area contributed by atoms with Gasteiger partial charge >= 0.3 is 12.3 Å². The average Bonchev–Trinajstić information content (AvgIpc) is 2.44. The molecule has 0 aliphatic heterocycles. The number of alkyl halides is 5. The molecule has 0 radical (unpaired) electrons. The summed E-state index contributed by atoms with van der Waals surface area (Å²) in [5, 5.41) is 0. The van der Waals surface area contributed by atoms with Crippen molar-refractivity contribution in [3.8, 4) is 5.75 Å². The number of halogens is 7. The van der Waals surface area contributed by atoms with Gasteiger partial charge in [0.15, 0.2) is 0 Å². The van der Waals surface area contributed by atoms with Gasteiger partial charge in [0.25, 0.3) is 0 Å². The standard InChI is InChI=1S/C16H11F7O/c1-2-9-3-5-10(6-4-9)16(22,23)24-11-7-12(17)14(13(18)8-11)15(19,20)21/h3-8H,2H2,1H3. The lowest BCUT2D eigenvalue weighted by atomic mass is 10.1. The van der Waals surface area contributed by atoms with Gasteiger partial charge in [-0.3, -0.25) is 0 Å². The van der Waals surface area contributed by atoms with Crippen LogP contribution in [0.1, 0.15) is 23.6 Å². The van der Waals surface area contributed by atoms with Crippen molar-refractivity contribution in [3.63, 3.8) is 0 Å². The summed E-state index contributed by atoms with van der Waals surface area (Å²) in [6.45, 7) is 1.82. The highest BCUT2D eigenvalue weighted by Gasteiger charge is 2.40. The van der Waals surface area contributed by atoms with E-state index in [1.807, 2.05) is 6.92 Å². The van der Waals surface area contributed by atoms with Crippen LogP contribution in [0.4, 0.5) is 30.7 Å². The smallest absolute Gasteiger partial charge is 0.426 e. The molecule has 0 bridgehead atoms. The topological polar surface area (TPSA) is 9.23 Å². The summed E-state index contributed by atoms with van der Waals surface area (Å²) in [6.07, 6.45) is -8.64. The van der Waals surface area contributed by atoms with Crippen LogP contribution in [0, 0.1) is 11.6 Å². The quantitative estimate of drug-likeness (QED) is 0.644. The molecule has 8 heteroatoms. The Labute approximate surface area is 132 Å². The minimum absolute atomic E-state index is 0.0697. The highest BCUT2D eigenvalue weighted by molar-refractivity contribution is 5.33. The molecule has 2 rings (SSSR count). The Hall–Kier alpha value is -2.25. The molecule has 0 aliphatic carbocycles. The predicted molar refractivity (Wildman–Crippen MR) is 71.7 cm³/mol. The number of rotatable bonds is 4.